The van der Waals surface area contributed by atoms with Crippen molar-refractivity contribution in [3.63, 3.8) is 0 Å². The molecule has 25 heavy (non-hydrogen) atoms. The Morgan fingerprint density at radius 2 is 1.92 bits per heavy atom. The first-order chi connectivity index (χ1) is 12.1. The summed E-state index contributed by atoms with van der Waals surface area (Å²) in [6, 6.07) is 1.75. The minimum atomic E-state index is -0.125. The van der Waals surface area contributed by atoms with Gasteiger partial charge in [0.1, 0.15) is 0 Å². The van der Waals surface area contributed by atoms with Crippen LogP contribution < -0.4 is 11.3 Å². The number of anilines is 1. The second-order valence-corrected chi connectivity index (χ2v) is 8.12. The minimum absolute atomic E-state index is 0.0531. The van der Waals surface area contributed by atoms with Crippen LogP contribution in [0.4, 0.5) is 5.69 Å². The van der Waals surface area contributed by atoms with Crippen molar-refractivity contribution in [2.45, 2.75) is 38.1 Å². The fourth-order valence-corrected chi connectivity index (χ4v) is 5.41. The maximum absolute atomic E-state index is 13.3. The summed E-state index contributed by atoms with van der Waals surface area (Å²) >= 11 is 6.32. The summed E-state index contributed by atoms with van der Waals surface area (Å²) < 4.78 is 1.66. The first kappa shape index (κ1) is 15.5. The molecule has 2 bridgehead atoms. The van der Waals surface area contributed by atoms with Crippen molar-refractivity contribution in [3.8, 4) is 5.88 Å². The maximum Gasteiger partial charge on any atom is 0.261 e. The summed E-state index contributed by atoms with van der Waals surface area (Å²) in [6.07, 6.45) is 4.68. The molecule has 6 heteroatoms. The van der Waals surface area contributed by atoms with E-state index in [1.165, 1.54) is 0 Å². The molecule has 0 spiro atoms. The highest BCUT2D eigenvalue weighted by Crippen LogP contribution is 2.42. The van der Waals surface area contributed by atoms with E-state index in [9.17, 15) is 9.90 Å². The summed E-state index contributed by atoms with van der Waals surface area (Å²) in [4.78, 5) is 15.7. The van der Waals surface area contributed by atoms with E-state index >= 15 is 0 Å². The normalized spacial score (nSPS) is 27.8. The smallest absolute Gasteiger partial charge is 0.261 e. The molecular weight excluding hydrogens is 338 g/mol. The van der Waals surface area contributed by atoms with Crippen LogP contribution in [-0.4, -0.2) is 34.2 Å². The van der Waals surface area contributed by atoms with Crippen molar-refractivity contribution < 1.29 is 5.11 Å². The number of nitrogen functional groups attached to an aromatic ring is 1. The van der Waals surface area contributed by atoms with Crippen LogP contribution in [0.3, 0.4) is 0 Å². The molecule has 1 atom stereocenters. The molecule has 6 rings (SSSR count). The van der Waals surface area contributed by atoms with Gasteiger partial charge < -0.3 is 15.7 Å². The van der Waals surface area contributed by atoms with Crippen molar-refractivity contribution in [1.82, 2.24) is 9.47 Å². The highest BCUT2D eigenvalue weighted by molar-refractivity contribution is 6.34. The van der Waals surface area contributed by atoms with Gasteiger partial charge in [-0.15, -0.1) is 0 Å². The van der Waals surface area contributed by atoms with E-state index in [-0.39, 0.29) is 17.5 Å². The lowest BCUT2D eigenvalue weighted by molar-refractivity contribution is 0.0518. The molecule has 3 N–H and O–H groups in total. The van der Waals surface area contributed by atoms with E-state index in [4.69, 9.17) is 17.3 Å². The van der Waals surface area contributed by atoms with Crippen molar-refractivity contribution in [1.29, 1.82) is 0 Å². The highest BCUT2D eigenvalue weighted by Gasteiger charge is 2.38. The van der Waals surface area contributed by atoms with E-state index in [1.54, 1.807) is 10.6 Å². The van der Waals surface area contributed by atoms with Crippen molar-refractivity contribution in [3.05, 3.63) is 32.6 Å². The molecule has 1 aromatic carbocycles. The zero-order valence-electron chi connectivity index (χ0n) is 14.1. The predicted molar refractivity (Wildman–Crippen MR) is 99.5 cm³/mol. The number of hydrogen-bond donors (Lipinski definition) is 2. The molecule has 2 aromatic rings. The van der Waals surface area contributed by atoms with Crippen LogP contribution in [0.5, 0.6) is 5.88 Å². The summed E-state index contributed by atoms with van der Waals surface area (Å²) in [5.74, 6) is 0.615. The molecule has 1 unspecified atom stereocenters. The van der Waals surface area contributed by atoms with Gasteiger partial charge in [-0.1, -0.05) is 11.6 Å². The second-order valence-electron chi connectivity index (χ2n) is 7.71. The Bertz CT molecular complexity index is 944. The lowest BCUT2D eigenvalue weighted by Gasteiger charge is -2.45. The van der Waals surface area contributed by atoms with Gasteiger partial charge in [-0.05, 0) is 62.7 Å². The van der Waals surface area contributed by atoms with Crippen LogP contribution in [0, 0.1) is 5.92 Å². The van der Waals surface area contributed by atoms with Gasteiger partial charge in [0.2, 0.25) is 0 Å². The Hall–Kier alpha value is -1.72. The SMILES string of the molecule is Nc1c(Cl)cc2c(=O)n(C3CN4CCC3CC4)c(O)c3c2c1CCC3. The number of nitrogens with zero attached hydrogens (tertiary/aromatic N) is 2. The van der Waals surface area contributed by atoms with Gasteiger partial charge in [0.05, 0.1) is 16.8 Å². The van der Waals surface area contributed by atoms with Crippen LogP contribution in [0.15, 0.2) is 10.9 Å². The minimum Gasteiger partial charge on any atom is -0.494 e. The zero-order chi connectivity index (χ0) is 17.3. The number of piperidine rings is 3. The van der Waals surface area contributed by atoms with Gasteiger partial charge in [0.25, 0.3) is 5.56 Å². The Balaban J connectivity index is 1.82. The fraction of sp³-hybridized carbons (Fsp3) is 0.526. The van der Waals surface area contributed by atoms with Crippen molar-refractivity contribution >= 4 is 28.1 Å². The molecule has 5 nitrogen and oxygen atoms in total. The van der Waals surface area contributed by atoms with E-state index in [0.29, 0.717) is 22.0 Å². The maximum atomic E-state index is 13.3. The van der Waals surface area contributed by atoms with E-state index in [0.717, 1.165) is 68.3 Å². The van der Waals surface area contributed by atoms with Gasteiger partial charge in [-0.25, -0.2) is 0 Å². The van der Waals surface area contributed by atoms with E-state index < -0.39 is 0 Å². The molecule has 3 saturated heterocycles. The number of aryl methyl sites for hydroxylation is 2. The second kappa shape index (κ2) is 5.39. The number of fused-ring (bicyclic) bond motifs is 3. The Labute approximate surface area is 151 Å². The number of pyridine rings is 1. The van der Waals surface area contributed by atoms with Crippen LogP contribution in [0.2, 0.25) is 5.02 Å². The third kappa shape index (κ3) is 2.09. The van der Waals surface area contributed by atoms with E-state index in [1.807, 2.05) is 0 Å². The lowest BCUT2D eigenvalue weighted by Crippen LogP contribution is -2.50. The van der Waals surface area contributed by atoms with Gasteiger partial charge in [0.15, 0.2) is 5.88 Å². The largest absolute Gasteiger partial charge is 0.494 e. The van der Waals surface area contributed by atoms with Gasteiger partial charge in [-0.2, -0.15) is 0 Å². The average Bonchev–Trinajstić information content (AvgIpc) is 2.64. The Morgan fingerprint density at radius 1 is 1.20 bits per heavy atom. The molecule has 4 aliphatic rings. The lowest BCUT2D eigenvalue weighted by atomic mass is 9.83. The number of halogens is 1. The number of aromatic hydroxyl groups is 1. The third-order valence-electron chi connectivity index (χ3n) is 6.48. The summed E-state index contributed by atoms with van der Waals surface area (Å²) in [5.41, 5.74) is 8.39. The van der Waals surface area contributed by atoms with Crippen LogP contribution in [-0.2, 0) is 12.8 Å². The molecular formula is C19H22ClN3O2. The molecule has 3 fully saturated rings. The van der Waals surface area contributed by atoms with Crippen LogP contribution in [0.25, 0.3) is 10.8 Å². The number of hydrogen-bond acceptors (Lipinski definition) is 4. The molecule has 1 aromatic heterocycles. The quantitative estimate of drug-likeness (QED) is 0.768. The third-order valence-corrected chi connectivity index (χ3v) is 6.79. The molecule has 4 heterocycles. The molecule has 3 aliphatic heterocycles. The molecule has 0 amide bonds. The predicted octanol–water partition coefficient (Wildman–Crippen LogP) is 2.70. The summed E-state index contributed by atoms with van der Waals surface area (Å²) in [7, 11) is 0. The molecule has 1 aliphatic carbocycles. The van der Waals surface area contributed by atoms with Gasteiger partial charge in [0, 0.05) is 22.9 Å². The Kier molecular flexibility index (Phi) is 3.35. The van der Waals surface area contributed by atoms with Crippen LogP contribution in [0.1, 0.15) is 36.4 Å². The monoisotopic (exact) mass is 359 g/mol. The van der Waals surface area contributed by atoms with Gasteiger partial charge >= 0.3 is 0 Å². The first-order valence-corrected chi connectivity index (χ1v) is 9.53. The van der Waals surface area contributed by atoms with Crippen molar-refractivity contribution in [2.24, 2.45) is 5.92 Å². The summed E-state index contributed by atoms with van der Waals surface area (Å²) in [5, 5.41) is 12.9. The molecule has 0 radical (unpaired) electrons. The Morgan fingerprint density at radius 3 is 2.60 bits per heavy atom. The molecule has 0 saturated carbocycles. The number of nitrogens with two attached hydrogens (primary N) is 1. The van der Waals surface area contributed by atoms with E-state index in [2.05, 4.69) is 4.90 Å². The first-order valence-electron chi connectivity index (χ1n) is 9.15. The zero-order valence-corrected chi connectivity index (χ0v) is 14.9. The number of rotatable bonds is 1. The van der Waals surface area contributed by atoms with Gasteiger partial charge in [-0.3, -0.25) is 9.36 Å². The topological polar surface area (TPSA) is 71.5 Å². The fourth-order valence-electron chi connectivity index (χ4n) is 5.19. The highest BCUT2D eigenvalue weighted by atomic mass is 35.5. The average molecular weight is 360 g/mol. The standard InChI is InChI=1S/C19H22ClN3O2/c20-14-8-13-16-11(17(14)21)2-1-3-12(16)18(24)23(19(13)25)15-9-22-6-4-10(15)5-7-22/h8,10,15,24H,1-7,9,21H2. The summed E-state index contributed by atoms with van der Waals surface area (Å²) in [6.45, 7) is 3.05. The number of aromatic nitrogens is 1. The molecule has 132 valence electrons. The number of benzene rings is 1. The van der Waals surface area contributed by atoms with Crippen LogP contribution >= 0.6 is 11.6 Å². The van der Waals surface area contributed by atoms with Crippen molar-refractivity contribution in [2.75, 3.05) is 25.4 Å².